The Hall–Kier alpha value is -2.86. The maximum atomic E-state index is 13.4. The number of carbonyl (C=O) groups excluding carboxylic acids is 1. The number of hydrogen-bond acceptors (Lipinski definition) is 3. The van der Waals surface area contributed by atoms with Crippen LogP contribution in [0, 0.1) is 20.8 Å². The van der Waals surface area contributed by atoms with Crippen LogP contribution in [0.1, 0.15) is 34.3 Å². The molecule has 6 nitrogen and oxygen atoms in total. The number of furan rings is 1. The molecule has 0 unspecified atom stereocenters. The lowest BCUT2D eigenvalue weighted by molar-refractivity contribution is -0.902. The predicted molar refractivity (Wildman–Crippen MR) is 113 cm³/mol. The molecule has 3 aromatic rings. The van der Waals surface area contributed by atoms with Gasteiger partial charge in [-0.3, -0.25) is 4.79 Å². The van der Waals surface area contributed by atoms with Crippen LogP contribution in [-0.4, -0.2) is 53.3 Å². The summed E-state index contributed by atoms with van der Waals surface area (Å²) in [5, 5.41) is 4.77. The zero-order valence-electron chi connectivity index (χ0n) is 17.7. The van der Waals surface area contributed by atoms with Crippen molar-refractivity contribution in [3.05, 3.63) is 59.0 Å². The van der Waals surface area contributed by atoms with E-state index < -0.39 is 0 Å². The van der Waals surface area contributed by atoms with Gasteiger partial charge >= 0.3 is 0 Å². The Morgan fingerprint density at radius 3 is 2.48 bits per heavy atom. The standard InChI is InChI=1S/C23H28N4O2/c1-5-25-10-12-26(13-11-25)23(28)21-15-19(22-9-7-18(4)29-22)24-27(21)20-8-6-16(2)14-17(20)3/h6-9,14-15H,5,10-13H2,1-4H3/p+1. The fraction of sp³-hybridized carbons (Fsp3) is 0.391. The summed E-state index contributed by atoms with van der Waals surface area (Å²) in [5.41, 5.74) is 4.46. The first-order valence-electron chi connectivity index (χ1n) is 10.3. The maximum Gasteiger partial charge on any atom is 0.273 e. The molecule has 0 saturated carbocycles. The van der Waals surface area contributed by atoms with Crippen LogP contribution in [0.4, 0.5) is 0 Å². The van der Waals surface area contributed by atoms with Gasteiger partial charge in [0.15, 0.2) is 5.76 Å². The van der Waals surface area contributed by atoms with Crippen molar-refractivity contribution in [2.24, 2.45) is 0 Å². The summed E-state index contributed by atoms with van der Waals surface area (Å²) in [6, 6.07) is 11.9. The van der Waals surface area contributed by atoms with E-state index in [-0.39, 0.29) is 5.91 Å². The molecule has 152 valence electrons. The zero-order chi connectivity index (χ0) is 20.5. The molecule has 0 spiro atoms. The first-order chi connectivity index (χ1) is 14.0. The summed E-state index contributed by atoms with van der Waals surface area (Å²) in [6.45, 7) is 12.9. The molecule has 2 aromatic heterocycles. The van der Waals surface area contributed by atoms with E-state index in [9.17, 15) is 4.79 Å². The number of nitrogens with one attached hydrogen (secondary N) is 1. The Labute approximate surface area is 171 Å². The average molecular weight is 394 g/mol. The van der Waals surface area contributed by atoms with Gasteiger partial charge in [0, 0.05) is 6.07 Å². The van der Waals surface area contributed by atoms with Gasteiger partial charge in [-0.25, -0.2) is 4.68 Å². The van der Waals surface area contributed by atoms with E-state index in [1.807, 2.05) is 36.1 Å². The Balaban J connectivity index is 1.75. The van der Waals surface area contributed by atoms with E-state index in [4.69, 9.17) is 9.52 Å². The molecule has 1 aliphatic rings. The number of piperazine rings is 1. The lowest BCUT2D eigenvalue weighted by Gasteiger charge is -2.31. The maximum absolute atomic E-state index is 13.4. The summed E-state index contributed by atoms with van der Waals surface area (Å²) in [6.07, 6.45) is 0. The molecule has 1 saturated heterocycles. The van der Waals surface area contributed by atoms with E-state index >= 15 is 0 Å². The zero-order valence-corrected chi connectivity index (χ0v) is 17.7. The Morgan fingerprint density at radius 2 is 1.86 bits per heavy atom. The molecule has 1 aromatic carbocycles. The van der Waals surface area contributed by atoms with Crippen molar-refractivity contribution < 1.29 is 14.1 Å². The second-order valence-corrected chi connectivity index (χ2v) is 7.92. The largest absolute Gasteiger partial charge is 0.460 e. The first-order valence-corrected chi connectivity index (χ1v) is 10.3. The molecule has 0 aliphatic carbocycles. The van der Waals surface area contributed by atoms with E-state index in [0.29, 0.717) is 17.1 Å². The monoisotopic (exact) mass is 393 g/mol. The molecule has 29 heavy (non-hydrogen) atoms. The first kappa shape index (κ1) is 19.5. The minimum Gasteiger partial charge on any atom is -0.460 e. The van der Waals surface area contributed by atoms with Crippen molar-refractivity contribution in [3.8, 4) is 17.1 Å². The van der Waals surface area contributed by atoms with Crippen LogP contribution in [0.3, 0.4) is 0 Å². The third-order valence-corrected chi connectivity index (χ3v) is 5.76. The Morgan fingerprint density at radius 1 is 1.10 bits per heavy atom. The minimum absolute atomic E-state index is 0.0298. The molecule has 0 bridgehead atoms. The SMILES string of the molecule is CC[NH+]1CCN(C(=O)c2cc(-c3ccc(C)o3)nn2-c2ccc(C)cc2C)CC1. The molecule has 0 atom stereocenters. The number of amides is 1. The highest BCUT2D eigenvalue weighted by Gasteiger charge is 2.28. The number of hydrogen-bond donors (Lipinski definition) is 1. The number of likely N-dealkylation sites (N-methyl/N-ethyl adjacent to an activating group) is 1. The topological polar surface area (TPSA) is 55.7 Å². The molecular formula is C23H29N4O2+. The molecule has 4 rings (SSSR count). The Bertz CT molecular complexity index is 1030. The highest BCUT2D eigenvalue weighted by molar-refractivity contribution is 5.94. The quantitative estimate of drug-likeness (QED) is 0.741. The molecule has 1 N–H and O–H groups in total. The number of aromatic nitrogens is 2. The number of rotatable bonds is 4. The van der Waals surface area contributed by atoms with Gasteiger partial charge < -0.3 is 14.2 Å². The van der Waals surface area contributed by atoms with Gasteiger partial charge in [0.05, 0.1) is 38.4 Å². The van der Waals surface area contributed by atoms with E-state index in [1.54, 1.807) is 9.58 Å². The highest BCUT2D eigenvalue weighted by atomic mass is 16.3. The van der Waals surface area contributed by atoms with Gasteiger partial charge in [0.2, 0.25) is 0 Å². The van der Waals surface area contributed by atoms with Crippen LogP contribution in [0.25, 0.3) is 17.1 Å². The summed E-state index contributed by atoms with van der Waals surface area (Å²) in [5.74, 6) is 1.54. The van der Waals surface area contributed by atoms with Crippen molar-refractivity contribution >= 4 is 5.91 Å². The summed E-state index contributed by atoms with van der Waals surface area (Å²) >= 11 is 0. The van der Waals surface area contributed by atoms with Crippen LogP contribution in [-0.2, 0) is 0 Å². The van der Waals surface area contributed by atoms with Crippen LogP contribution < -0.4 is 4.90 Å². The lowest BCUT2D eigenvalue weighted by atomic mass is 10.1. The normalized spacial score (nSPS) is 15.1. The number of nitrogens with zero attached hydrogens (tertiary/aromatic N) is 3. The fourth-order valence-corrected chi connectivity index (χ4v) is 3.99. The van der Waals surface area contributed by atoms with Crippen LogP contribution in [0.2, 0.25) is 0 Å². The molecule has 0 radical (unpaired) electrons. The fourth-order valence-electron chi connectivity index (χ4n) is 3.99. The van der Waals surface area contributed by atoms with Crippen LogP contribution in [0.5, 0.6) is 0 Å². The smallest absolute Gasteiger partial charge is 0.273 e. The molecule has 3 heterocycles. The number of carbonyl (C=O) groups is 1. The Kier molecular flexibility index (Phi) is 5.28. The van der Waals surface area contributed by atoms with E-state index in [0.717, 1.165) is 49.7 Å². The second kappa shape index (κ2) is 7.87. The van der Waals surface area contributed by atoms with Gasteiger partial charge in [-0.05, 0) is 51.5 Å². The third kappa shape index (κ3) is 3.85. The van der Waals surface area contributed by atoms with Crippen molar-refractivity contribution in [2.45, 2.75) is 27.7 Å². The average Bonchev–Trinajstić information content (AvgIpc) is 3.34. The molecule has 1 fully saturated rings. The van der Waals surface area contributed by atoms with Gasteiger partial charge in [-0.15, -0.1) is 0 Å². The minimum atomic E-state index is 0.0298. The van der Waals surface area contributed by atoms with Crippen molar-refractivity contribution in [1.29, 1.82) is 0 Å². The predicted octanol–water partition coefficient (Wildman–Crippen LogP) is 2.42. The van der Waals surface area contributed by atoms with Crippen molar-refractivity contribution in [2.75, 3.05) is 32.7 Å². The summed E-state index contributed by atoms with van der Waals surface area (Å²) < 4.78 is 7.55. The number of quaternary nitrogens is 1. The van der Waals surface area contributed by atoms with Crippen molar-refractivity contribution in [3.63, 3.8) is 0 Å². The van der Waals surface area contributed by atoms with Gasteiger partial charge in [-0.2, -0.15) is 5.10 Å². The van der Waals surface area contributed by atoms with Gasteiger partial charge in [0.1, 0.15) is 17.1 Å². The highest BCUT2D eigenvalue weighted by Crippen LogP contribution is 2.26. The van der Waals surface area contributed by atoms with E-state index in [1.165, 1.54) is 5.56 Å². The molecule has 1 aliphatic heterocycles. The lowest BCUT2D eigenvalue weighted by Crippen LogP contribution is -3.14. The van der Waals surface area contributed by atoms with Crippen molar-refractivity contribution in [1.82, 2.24) is 14.7 Å². The molecule has 6 heteroatoms. The van der Waals surface area contributed by atoms with Gasteiger partial charge in [0.25, 0.3) is 5.91 Å². The van der Waals surface area contributed by atoms with E-state index in [2.05, 4.69) is 32.9 Å². The number of benzene rings is 1. The summed E-state index contributed by atoms with van der Waals surface area (Å²) in [4.78, 5) is 16.9. The number of aryl methyl sites for hydroxylation is 3. The third-order valence-electron chi connectivity index (χ3n) is 5.76. The van der Waals surface area contributed by atoms with Crippen LogP contribution >= 0.6 is 0 Å². The molecular weight excluding hydrogens is 364 g/mol. The van der Waals surface area contributed by atoms with Gasteiger partial charge in [-0.1, -0.05) is 17.7 Å². The molecule has 1 amide bonds. The van der Waals surface area contributed by atoms with Crippen LogP contribution in [0.15, 0.2) is 40.8 Å². The second-order valence-electron chi connectivity index (χ2n) is 7.92. The summed E-state index contributed by atoms with van der Waals surface area (Å²) in [7, 11) is 0.